The van der Waals surface area contributed by atoms with Crippen molar-refractivity contribution in [2.24, 2.45) is 0 Å². The van der Waals surface area contributed by atoms with E-state index in [4.69, 9.17) is 5.73 Å². The summed E-state index contributed by atoms with van der Waals surface area (Å²) in [6.45, 7) is 2.10. The largest absolute Gasteiger partial charge is 0.382 e. The van der Waals surface area contributed by atoms with E-state index in [9.17, 15) is 0 Å². The number of likely N-dealkylation sites (N-methyl/N-ethyl adjacent to an activating group) is 1. The smallest absolute Gasteiger partial charge is 0.149 e. The third-order valence-electron chi connectivity index (χ3n) is 2.89. The second kappa shape index (κ2) is 4.65. The zero-order valence-corrected chi connectivity index (χ0v) is 9.93. The maximum Gasteiger partial charge on any atom is 0.149 e. The Morgan fingerprint density at radius 1 is 1.50 bits per heavy atom. The molecule has 1 aliphatic rings. The van der Waals surface area contributed by atoms with Gasteiger partial charge >= 0.3 is 0 Å². The minimum absolute atomic E-state index is 0.494. The molecule has 0 aliphatic carbocycles. The number of nitrogens with zero attached hydrogens (tertiary/aromatic N) is 4. The zero-order valence-electron chi connectivity index (χ0n) is 9.93. The van der Waals surface area contributed by atoms with Crippen LogP contribution in [0, 0.1) is 0 Å². The summed E-state index contributed by atoms with van der Waals surface area (Å²) in [5.41, 5.74) is 5.66. The molecule has 1 aliphatic heterocycles. The van der Waals surface area contributed by atoms with Crippen LogP contribution in [0.15, 0.2) is 12.4 Å². The van der Waals surface area contributed by atoms with Gasteiger partial charge < -0.3 is 15.5 Å². The number of nitrogen functional groups attached to an aromatic ring is 1. The molecule has 1 aromatic heterocycles. The number of rotatable bonds is 3. The van der Waals surface area contributed by atoms with Crippen molar-refractivity contribution in [2.45, 2.75) is 18.9 Å². The number of aromatic nitrogens is 2. The van der Waals surface area contributed by atoms with Gasteiger partial charge in [0.2, 0.25) is 0 Å². The van der Waals surface area contributed by atoms with Gasteiger partial charge in [-0.05, 0) is 26.9 Å². The summed E-state index contributed by atoms with van der Waals surface area (Å²) in [5.74, 6) is 1.40. The minimum atomic E-state index is 0.494. The van der Waals surface area contributed by atoms with Gasteiger partial charge in [-0.3, -0.25) is 4.98 Å². The highest BCUT2D eigenvalue weighted by Crippen LogP contribution is 2.23. The lowest BCUT2D eigenvalue weighted by atomic mass is 10.2. The highest BCUT2D eigenvalue weighted by molar-refractivity contribution is 5.43. The number of nitrogens with two attached hydrogens (primary N) is 1. The lowest BCUT2D eigenvalue weighted by molar-refractivity contribution is 0.371. The average molecular weight is 221 g/mol. The molecular formula is C11H19N5. The Kier molecular flexibility index (Phi) is 3.24. The lowest BCUT2D eigenvalue weighted by Crippen LogP contribution is -2.38. The molecule has 16 heavy (non-hydrogen) atoms. The fourth-order valence-electron chi connectivity index (χ4n) is 2.26. The predicted octanol–water partition coefficient (Wildman–Crippen LogP) is 0.589. The first kappa shape index (κ1) is 11.1. The lowest BCUT2D eigenvalue weighted by Gasteiger charge is -2.27. The number of hydrogen-bond acceptors (Lipinski definition) is 5. The summed E-state index contributed by atoms with van der Waals surface area (Å²) >= 11 is 0. The summed E-state index contributed by atoms with van der Waals surface area (Å²) in [4.78, 5) is 13.0. The van der Waals surface area contributed by atoms with Crippen LogP contribution in [0.3, 0.4) is 0 Å². The Morgan fingerprint density at radius 3 is 3.00 bits per heavy atom. The normalized spacial score (nSPS) is 20.7. The van der Waals surface area contributed by atoms with Gasteiger partial charge in [0.15, 0.2) is 0 Å². The maximum atomic E-state index is 5.66. The molecule has 2 rings (SSSR count). The Morgan fingerprint density at radius 2 is 2.31 bits per heavy atom. The third-order valence-corrected chi connectivity index (χ3v) is 2.89. The summed E-state index contributed by atoms with van der Waals surface area (Å²) < 4.78 is 0. The van der Waals surface area contributed by atoms with E-state index in [0.29, 0.717) is 11.9 Å². The van der Waals surface area contributed by atoms with Gasteiger partial charge in [-0.1, -0.05) is 0 Å². The van der Waals surface area contributed by atoms with Gasteiger partial charge in [-0.15, -0.1) is 0 Å². The monoisotopic (exact) mass is 221 g/mol. The van der Waals surface area contributed by atoms with E-state index in [2.05, 4.69) is 33.9 Å². The molecule has 2 N–H and O–H groups in total. The van der Waals surface area contributed by atoms with Gasteiger partial charge in [0.1, 0.15) is 11.6 Å². The molecule has 1 aromatic rings. The fraction of sp³-hybridized carbons (Fsp3) is 0.636. The first-order valence-electron chi connectivity index (χ1n) is 5.65. The van der Waals surface area contributed by atoms with Crippen molar-refractivity contribution < 1.29 is 0 Å². The molecule has 5 nitrogen and oxygen atoms in total. The molecule has 0 bridgehead atoms. The predicted molar refractivity (Wildman–Crippen MR) is 65.4 cm³/mol. The molecule has 1 unspecified atom stereocenters. The Labute approximate surface area is 96.3 Å². The zero-order chi connectivity index (χ0) is 11.5. The van der Waals surface area contributed by atoms with Crippen LogP contribution in [0.25, 0.3) is 0 Å². The number of anilines is 2. The Balaban J connectivity index is 2.13. The van der Waals surface area contributed by atoms with Crippen molar-refractivity contribution in [1.82, 2.24) is 14.9 Å². The van der Waals surface area contributed by atoms with Crippen LogP contribution in [-0.4, -0.2) is 48.1 Å². The van der Waals surface area contributed by atoms with Gasteiger partial charge in [-0.2, -0.15) is 0 Å². The fourth-order valence-corrected chi connectivity index (χ4v) is 2.26. The Bertz CT molecular complexity index is 352. The molecule has 1 saturated heterocycles. The first-order chi connectivity index (χ1) is 7.66. The first-order valence-corrected chi connectivity index (χ1v) is 5.65. The van der Waals surface area contributed by atoms with E-state index in [1.807, 2.05) is 0 Å². The molecule has 0 amide bonds. The van der Waals surface area contributed by atoms with Gasteiger partial charge in [0.25, 0.3) is 0 Å². The molecular weight excluding hydrogens is 202 g/mol. The van der Waals surface area contributed by atoms with Crippen molar-refractivity contribution in [2.75, 3.05) is 37.8 Å². The van der Waals surface area contributed by atoms with Crippen LogP contribution in [0.2, 0.25) is 0 Å². The van der Waals surface area contributed by atoms with Crippen molar-refractivity contribution in [3.63, 3.8) is 0 Å². The van der Waals surface area contributed by atoms with Crippen LogP contribution >= 0.6 is 0 Å². The van der Waals surface area contributed by atoms with E-state index in [-0.39, 0.29) is 0 Å². The molecule has 2 heterocycles. The standard InChI is InChI=1S/C11H19N5/c1-15(2)8-9-4-3-5-16(9)11-7-13-6-10(12)14-11/h6-7,9H,3-5,8H2,1-2H3,(H2,12,14). The van der Waals surface area contributed by atoms with E-state index >= 15 is 0 Å². The molecule has 1 atom stereocenters. The van der Waals surface area contributed by atoms with Crippen LogP contribution < -0.4 is 10.6 Å². The third kappa shape index (κ3) is 2.41. The second-order valence-corrected chi connectivity index (χ2v) is 4.55. The average Bonchev–Trinajstić information content (AvgIpc) is 2.65. The van der Waals surface area contributed by atoms with Gasteiger partial charge in [0.05, 0.1) is 12.4 Å². The van der Waals surface area contributed by atoms with Crippen molar-refractivity contribution in [3.05, 3.63) is 12.4 Å². The summed E-state index contributed by atoms with van der Waals surface area (Å²) in [5, 5.41) is 0. The highest BCUT2D eigenvalue weighted by Gasteiger charge is 2.26. The maximum absolute atomic E-state index is 5.66. The van der Waals surface area contributed by atoms with Crippen LogP contribution in [0.5, 0.6) is 0 Å². The van der Waals surface area contributed by atoms with Crippen molar-refractivity contribution in [1.29, 1.82) is 0 Å². The van der Waals surface area contributed by atoms with E-state index in [0.717, 1.165) is 18.9 Å². The van der Waals surface area contributed by atoms with Crippen LogP contribution in [0.4, 0.5) is 11.6 Å². The molecule has 5 heteroatoms. The SMILES string of the molecule is CN(C)CC1CCCN1c1cncc(N)n1. The molecule has 0 aromatic carbocycles. The quantitative estimate of drug-likeness (QED) is 0.809. The van der Waals surface area contributed by atoms with E-state index in [1.165, 1.54) is 12.8 Å². The summed E-state index contributed by atoms with van der Waals surface area (Å²) in [6, 6.07) is 0.533. The minimum Gasteiger partial charge on any atom is -0.382 e. The van der Waals surface area contributed by atoms with Gasteiger partial charge in [-0.25, -0.2) is 4.98 Å². The Hall–Kier alpha value is -1.36. The second-order valence-electron chi connectivity index (χ2n) is 4.55. The highest BCUT2D eigenvalue weighted by atomic mass is 15.3. The summed E-state index contributed by atoms with van der Waals surface area (Å²) in [6.07, 6.45) is 5.81. The van der Waals surface area contributed by atoms with Crippen molar-refractivity contribution >= 4 is 11.6 Å². The van der Waals surface area contributed by atoms with E-state index < -0.39 is 0 Å². The molecule has 0 spiro atoms. The molecule has 0 saturated carbocycles. The van der Waals surface area contributed by atoms with E-state index in [1.54, 1.807) is 12.4 Å². The van der Waals surface area contributed by atoms with Crippen molar-refractivity contribution in [3.8, 4) is 0 Å². The summed E-state index contributed by atoms with van der Waals surface area (Å²) in [7, 11) is 4.20. The van der Waals surface area contributed by atoms with Gasteiger partial charge in [0, 0.05) is 19.1 Å². The van der Waals surface area contributed by atoms with Crippen LogP contribution in [-0.2, 0) is 0 Å². The van der Waals surface area contributed by atoms with Crippen LogP contribution in [0.1, 0.15) is 12.8 Å². The topological polar surface area (TPSA) is 58.3 Å². The molecule has 88 valence electrons. The molecule has 0 radical (unpaired) electrons. The number of hydrogen-bond donors (Lipinski definition) is 1. The molecule has 1 fully saturated rings.